The van der Waals surface area contributed by atoms with Crippen molar-refractivity contribution in [3.8, 4) is 5.75 Å². The number of allylic oxidation sites excluding steroid dienone is 1. The first-order valence-corrected chi connectivity index (χ1v) is 8.22. The SMILES string of the molecule is C=C(C)C(=O)Oc1cccc(/C=C/C(=O)c2ccc3ccccc3c2)c1. The van der Waals surface area contributed by atoms with Crippen LogP contribution in [0.1, 0.15) is 22.8 Å². The average Bonchev–Trinajstić information content (AvgIpc) is 2.66. The molecule has 0 spiro atoms. The van der Waals surface area contributed by atoms with Crippen LogP contribution in [0.2, 0.25) is 0 Å². The molecule has 128 valence electrons. The van der Waals surface area contributed by atoms with Gasteiger partial charge in [0.25, 0.3) is 0 Å². The number of hydrogen-bond donors (Lipinski definition) is 0. The Morgan fingerprint density at radius 1 is 0.923 bits per heavy atom. The maximum Gasteiger partial charge on any atom is 0.338 e. The van der Waals surface area contributed by atoms with Crippen LogP contribution >= 0.6 is 0 Å². The molecule has 3 heteroatoms. The Bertz CT molecular complexity index is 1030. The minimum atomic E-state index is -0.474. The lowest BCUT2D eigenvalue weighted by molar-refractivity contribution is -0.130. The normalized spacial score (nSPS) is 10.8. The van der Waals surface area contributed by atoms with Crippen LogP contribution in [0.5, 0.6) is 5.75 Å². The molecule has 26 heavy (non-hydrogen) atoms. The Balaban J connectivity index is 1.77. The number of hydrogen-bond acceptors (Lipinski definition) is 3. The van der Waals surface area contributed by atoms with Crippen LogP contribution < -0.4 is 4.74 Å². The minimum Gasteiger partial charge on any atom is -0.423 e. The van der Waals surface area contributed by atoms with Crippen LogP contribution in [0.3, 0.4) is 0 Å². The van der Waals surface area contributed by atoms with Gasteiger partial charge in [-0.15, -0.1) is 0 Å². The van der Waals surface area contributed by atoms with Gasteiger partial charge in [-0.2, -0.15) is 0 Å². The molecule has 0 aliphatic heterocycles. The second-order valence-electron chi connectivity index (χ2n) is 6.00. The number of esters is 1. The molecule has 0 atom stereocenters. The zero-order valence-electron chi connectivity index (χ0n) is 14.4. The predicted octanol–water partition coefficient (Wildman–Crippen LogP) is 5.22. The number of carbonyl (C=O) groups excluding carboxylic acids is 2. The third kappa shape index (κ3) is 4.14. The fourth-order valence-electron chi connectivity index (χ4n) is 2.49. The van der Waals surface area contributed by atoms with Crippen molar-refractivity contribution in [1.82, 2.24) is 0 Å². The van der Waals surface area contributed by atoms with Crippen molar-refractivity contribution in [1.29, 1.82) is 0 Å². The summed E-state index contributed by atoms with van der Waals surface area (Å²) in [7, 11) is 0. The fraction of sp³-hybridized carbons (Fsp3) is 0.0435. The first-order chi connectivity index (χ1) is 12.5. The van der Waals surface area contributed by atoms with Gasteiger partial charge in [-0.1, -0.05) is 61.2 Å². The number of ketones is 1. The largest absolute Gasteiger partial charge is 0.423 e. The van der Waals surface area contributed by atoms with Gasteiger partial charge in [0, 0.05) is 11.1 Å². The van der Waals surface area contributed by atoms with Gasteiger partial charge < -0.3 is 4.74 Å². The average molecular weight is 342 g/mol. The third-order valence-corrected chi connectivity index (χ3v) is 3.88. The molecule has 0 saturated carbocycles. The van der Waals surface area contributed by atoms with E-state index in [2.05, 4.69) is 6.58 Å². The van der Waals surface area contributed by atoms with E-state index in [0.717, 1.165) is 16.3 Å². The quantitative estimate of drug-likeness (QED) is 0.276. The van der Waals surface area contributed by atoms with E-state index in [1.807, 2.05) is 48.5 Å². The molecule has 0 saturated heterocycles. The summed E-state index contributed by atoms with van der Waals surface area (Å²) in [4.78, 5) is 24.0. The topological polar surface area (TPSA) is 43.4 Å². The van der Waals surface area contributed by atoms with Gasteiger partial charge >= 0.3 is 5.97 Å². The van der Waals surface area contributed by atoms with E-state index in [-0.39, 0.29) is 5.78 Å². The van der Waals surface area contributed by atoms with E-state index >= 15 is 0 Å². The predicted molar refractivity (Wildman–Crippen MR) is 104 cm³/mol. The molecule has 3 nitrogen and oxygen atoms in total. The summed E-state index contributed by atoms with van der Waals surface area (Å²) >= 11 is 0. The highest BCUT2D eigenvalue weighted by molar-refractivity contribution is 6.08. The van der Waals surface area contributed by atoms with Gasteiger partial charge in [-0.25, -0.2) is 4.79 Å². The molecule has 0 aliphatic carbocycles. The van der Waals surface area contributed by atoms with Crippen molar-refractivity contribution in [2.45, 2.75) is 6.92 Å². The Morgan fingerprint density at radius 3 is 2.46 bits per heavy atom. The Morgan fingerprint density at radius 2 is 1.69 bits per heavy atom. The van der Waals surface area contributed by atoms with Crippen LogP contribution in [0.25, 0.3) is 16.8 Å². The summed E-state index contributed by atoms with van der Waals surface area (Å²) in [6.45, 7) is 5.15. The second kappa shape index (κ2) is 7.62. The van der Waals surface area contributed by atoms with Crippen LogP contribution in [0, 0.1) is 0 Å². The molecule has 0 bridgehead atoms. The van der Waals surface area contributed by atoms with Crippen molar-refractivity contribution in [3.63, 3.8) is 0 Å². The molecule has 0 amide bonds. The first-order valence-electron chi connectivity index (χ1n) is 8.22. The molecule has 0 fully saturated rings. The van der Waals surface area contributed by atoms with Crippen molar-refractivity contribution < 1.29 is 14.3 Å². The molecule has 0 heterocycles. The smallest absolute Gasteiger partial charge is 0.338 e. The molecular weight excluding hydrogens is 324 g/mol. The van der Waals surface area contributed by atoms with Crippen molar-refractivity contribution >= 4 is 28.6 Å². The second-order valence-corrected chi connectivity index (χ2v) is 6.00. The van der Waals surface area contributed by atoms with Gasteiger partial charge in [-0.3, -0.25) is 4.79 Å². The fourth-order valence-corrected chi connectivity index (χ4v) is 2.49. The maximum atomic E-state index is 12.4. The molecule has 3 rings (SSSR count). The van der Waals surface area contributed by atoms with E-state index in [0.29, 0.717) is 16.9 Å². The van der Waals surface area contributed by atoms with E-state index in [9.17, 15) is 9.59 Å². The van der Waals surface area contributed by atoms with Crippen molar-refractivity contribution in [2.24, 2.45) is 0 Å². The van der Waals surface area contributed by atoms with Crippen LogP contribution in [0.4, 0.5) is 0 Å². The highest BCUT2D eigenvalue weighted by Crippen LogP contribution is 2.18. The van der Waals surface area contributed by atoms with E-state index in [4.69, 9.17) is 4.74 Å². The summed E-state index contributed by atoms with van der Waals surface area (Å²) < 4.78 is 5.20. The maximum absolute atomic E-state index is 12.4. The van der Waals surface area contributed by atoms with Crippen LogP contribution in [-0.2, 0) is 4.79 Å². The lowest BCUT2D eigenvalue weighted by Gasteiger charge is -2.04. The van der Waals surface area contributed by atoms with Gasteiger partial charge in [0.2, 0.25) is 0 Å². The van der Waals surface area contributed by atoms with Crippen molar-refractivity contribution in [3.05, 3.63) is 96.1 Å². The number of ether oxygens (including phenoxy) is 1. The summed E-state index contributed by atoms with van der Waals surface area (Å²) in [5.74, 6) is -0.142. The summed E-state index contributed by atoms with van der Waals surface area (Å²) in [5.41, 5.74) is 1.73. The molecule has 0 unspecified atom stereocenters. The minimum absolute atomic E-state index is 0.0833. The Labute approximate surface area is 152 Å². The number of carbonyl (C=O) groups is 2. The molecule has 0 aliphatic rings. The number of fused-ring (bicyclic) bond motifs is 1. The monoisotopic (exact) mass is 342 g/mol. The highest BCUT2D eigenvalue weighted by Gasteiger charge is 2.06. The lowest BCUT2D eigenvalue weighted by Crippen LogP contribution is -2.08. The Kier molecular flexibility index (Phi) is 5.09. The molecule has 0 aromatic heterocycles. The van der Waals surface area contributed by atoms with E-state index < -0.39 is 5.97 Å². The molecule has 3 aromatic carbocycles. The number of rotatable bonds is 5. The summed E-state index contributed by atoms with van der Waals surface area (Å²) in [6.07, 6.45) is 3.22. The zero-order valence-corrected chi connectivity index (χ0v) is 14.4. The lowest BCUT2D eigenvalue weighted by atomic mass is 10.0. The third-order valence-electron chi connectivity index (χ3n) is 3.88. The van der Waals surface area contributed by atoms with Gasteiger partial charge in [0.05, 0.1) is 0 Å². The van der Waals surface area contributed by atoms with Gasteiger partial charge in [-0.05, 0) is 47.5 Å². The molecule has 0 N–H and O–H groups in total. The van der Waals surface area contributed by atoms with Gasteiger partial charge in [0.15, 0.2) is 5.78 Å². The zero-order chi connectivity index (χ0) is 18.5. The van der Waals surface area contributed by atoms with Crippen LogP contribution in [-0.4, -0.2) is 11.8 Å². The van der Waals surface area contributed by atoms with Crippen molar-refractivity contribution in [2.75, 3.05) is 0 Å². The molecule has 3 aromatic rings. The molecular formula is C23H18O3. The van der Waals surface area contributed by atoms with E-state index in [1.165, 1.54) is 6.08 Å². The van der Waals surface area contributed by atoms with E-state index in [1.54, 1.807) is 31.2 Å². The Hall–Kier alpha value is -3.46. The number of benzene rings is 3. The highest BCUT2D eigenvalue weighted by atomic mass is 16.5. The summed E-state index contributed by atoms with van der Waals surface area (Å²) in [6, 6.07) is 20.5. The molecule has 0 radical (unpaired) electrons. The summed E-state index contributed by atoms with van der Waals surface area (Å²) in [5, 5.41) is 2.13. The first kappa shape index (κ1) is 17.4. The van der Waals surface area contributed by atoms with Crippen LogP contribution in [0.15, 0.2) is 85.0 Å². The standard InChI is InChI=1S/C23H18O3/c1-16(2)23(25)26-21-9-5-6-17(14-21)10-13-22(24)20-12-11-18-7-3-4-8-19(18)15-20/h3-15H,1H2,2H3/b13-10+. The van der Waals surface area contributed by atoms with Gasteiger partial charge in [0.1, 0.15) is 5.75 Å².